The van der Waals surface area contributed by atoms with Crippen molar-refractivity contribution in [1.29, 1.82) is 0 Å². The molecule has 21 heavy (non-hydrogen) atoms. The predicted molar refractivity (Wildman–Crippen MR) is 71.3 cm³/mol. The molecule has 106 valence electrons. The summed E-state index contributed by atoms with van der Waals surface area (Å²) in [5.74, 6) is -2.25. The summed E-state index contributed by atoms with van der Waals surface area (Å²) >= 11 is 0. The van der Waals surface area contributed by atoms with Gasteiger partial charge in [-0.05, 0) is 12.1 Å². The van der Waals surface area contributed by atoms with Crippen LogP contribution in [0.2, 0.25) is 0 Å². The predicted octanol–water partition coefficient (Wildman–Crippen LogP) is 1.03. The largest absolute Gasteiger partial charge is 0.618 e. The van der Waals surface area contributed by atoms with E-state index in [0.29, 0.717) is 5.56 Å². The maximum absolute atomic E-state index is 11.8. The van der Waals surface area contributed by atoms with Crippen LogP contribution < -0.4 is 9.47 Å². The van der Waals surface area contributed by atoms with Gasteiger partial charge in [0.05, 0.1) is 5.56 Å². The standard InChI is InChI=1S/C14H10N2O5/c1-9(13(17)18)11-7-15-12(8-16(11)20)21-14(19)10-5-3-2-4-6-10/h2-8H,1H2,(H,17,18). The average molecular weight is 286 g/mol. The molecule has 0 aliphatic heterocycles. The zero-order chi connectivity index (χ0) is 15.4. The van der Waals surface area contributed by atoms with Crippen molar-refractivity contribution in [2.24, 2.45) is 0 Å². The molecule has 2 rings (SSSR count). The molecule has 0 bridgehead atoms. The number of nitrogens with zero attached hydrogens (tertiary/aromatic N) is 2. The van der Waals surface area contributed by atoms with E-state index in [1.807, 2.05) is 0 Å². The van der Waals surface area contributed by atoms with Gasteiger partial charge < -0.3 is 15.1 Å². The number of aromatic nitrogens is 2. The van der Waals surface area contributed by atoms with Crippen molar-refractivity contribution >= 4 is 17.5 Å². The van der Waals surface area contributed by atoms with Gasteiger partial charge in [0.2, 0.25) is 11.9 Å². The Morgan fingerprint density at radius 1 is 1.29 bits per heavy atom. The number of hydrogen-bond donors (Lipinski definition) is 1. The van der Waals surface area contributed by atoms with Crippen LogP contribution in [0.5, 0.6) is 5.88 Å². The Labute approximate surface area is 119 Å². The minimum absolute atomic E-state index is 0.233. The van der Waals surface area contributed by atoms with Crippen LogP contribution in [0.1, 0.15) is 16.1 Å². The van der Waals surface area contributed by atoms with Crippen LogP contribution in [0.3, 0.4) is 0 Å². The molecule has 7 heteroatoms. The smallest absolute Gasteiger partial charge is 0.345 e. The summed E-state index contributed by atoms with van der Waals surface area (Å²) < 4.78 is 5.16. The summed E-state index contributed by atoms with van der Waals surface area (Å²) in [4.78, 5) is 26.2. The lowest BCUT2D eigenvalue weighted by atomic mass is 10.2. The molecule has 0 spiro atoms. The number of carbonyl (C=O) groups excluding carboxylic acids is 1. The molecule has 0 radical (unpaired) electrons. The van der Waals surface area contributed by atoms with Crippen LogP contribution in [0.15, 0.2) is 49.3 Å². The fraction of sp³-hybridized carbons (Fsp3) is 0. The molecule has 2 aromatic rings. The molecule has 0 fully saturated rings. The Morgan fingerprint density at radius 3 is 2.52 bits per heavy atom. The van der Waals surface area contributed by atoms with Gasteiger partial charge in [-0.15, -0.1) is 0 Å². The third kappa shape index (κ3) is 3.21. The molecule has 0 aliphatic carbocycles. The number of hydrogen-bond acceptors (Lipinski definition) is 5. The third-order valence-corrected chi connectivity index (χ3v) is 2.55. The van der Waals surface area contributed by atoms with Crippen LogP contribution >= 0.6 is 0 Å². The van der Waals surface area contributed by atoms with Crippen molar-refractivity contribution in [2.75, 3.05) is 0 Å². The number of aliphatic carboxylic acids is 1. The molecule has 0 unspecified atom stereocenters. The minimum Gasteiger partial charge on any atom is -0.618 e. The van der Waals surface area contributed by atoms with Gasteiger partial charge in [0, 0.05) is 0 Å². The van der Waals surface area contributed by atoms with Gasteiger partial charge in [-0.1, -0.05) is 24.8 Å². The lowest BCUT2D eigenvalue weighted by Gasteiger charge is -2.06. The summed E-state index contributed by atoms with van der Waals surface area (Å²) in [5.41, 5.74) is -0.337. The molecular weight excluding hydrogens is 276 g/mol. The quantitative estimate of drug-likeness (QED) is 0.389. The molecule has 7 nitrogen and oxygen atoms in total. The number of rotatable bonds is 4. The first-order chi connectivity index (χ1) is 9.99. The number of carbonyl (C=O) groups is 2. The summed E-state index contributed by atoms with van der Waals surface area (Å²) in [7, 11) is 0. The molecule has 0 saturated carbocycles. The van der Waals surface area contributed by atoms with Crippen molar-refractivity contribution in [3.8, 4) is 5.88 Å². The lowest BCUT2D eigenvalue weighted by molar-refractivity contribution is -0.608. The van der Waals surface area contributed by atoms with E-state index >= 15 is 0 Å². The summed E-state index contributed by atoms with van der Waals surface area (Å²) in [5, 5.41) is 20.4. The Bertz CT molecular complexity index is 713. The fourth-order valence-electron chi connectivity index (χ4n) is 1.49. The van der Waals surface area contributed by atoms with Gasteiger partial charge in [-0.2, -0.15) is 4.73 Å². The molecule has 0 aliphatic rings. The first kappa shape index (κ1) is 14.2. The van der Waals surface area contributed by atoms with E-state index in [1.54, 1.807) is 30.3 Å². The topological polar surface area (TPSA) is 103 Å². The normalized spacial score (nSPS) is 9.90. The van der Waals surface area contributed by atoms with Crippen molar-refractivity contribution in [3.05, 3.63) is 65.8 Å². The van der Waals surface area contributed by atoms with Crippen molar-refractivity contribution in [1.82, 2.24) is 4.98 Å². The zero-order valence-corrected chi connectivity index (χ0v) is 10.7. The van der Waals surface area contributed by atoms with Crippen LogP contribution in [0.25, 0.3) is 5.57 Å². The summed E-state index contributed by atoms with van der Waals surface area (Å²) in [6, 6.07) is 8.17. The minimum atomic E-state index is -1.34. The van der Waals surface area contributed by atoms with E-state index in [2.05, 4.69) is 11.6 Å². The van der Waals surface area contributed by atoms with Crippen LogP contribution in [-0.2, 0) is 4.79 Å². The maximum atomic E-state index is 11.8. The molecule has 1 aromatic carbocycles. The van der Waals surface area contributed by atoms with Crippen molar-refractivity contribution in [3.63, 3.8) is 0 Å². The molecule has 1 aromatic heterocycles. The van der Waals surface area contributed by atoms with E-state index in [-0.39, 0.29) is 16.3 Å². The van der Waals surface area contributed by atoms with Gasteiger partial charge in [0.15, 0.2) is 0 Å². The first-order valence-electron chi connectivity index (χ1n) is 5.78. The molecule has 0 saturated heterocycles. The SMILES string of the molecule is C=C(C(=O)O)c1cnc(OC(=O)c2ccccc2)c[n+]1[O-]. The summed E-state index contributed by atoms with van der Waals surface area (Å²) in [6.07, 6.45) is 1.85. The number of esters is 1. The van der Waals surface area contributed by atoms with Crippen LogP contribution in [0.4, 0.5) is 0 Å². The second-order valence-electron chi connectivity index (χ2n) is 3.98. The highest BCUT2D eigenvalue weighted by atomic mass is 16.5. The van der Waals surface area contributed by atoms with Crippen LogP contribution in [0, 0.1) is 5.21 Å². The lowest BCUT2D eigenvalue weighted by Crippen LogP contribution is -2.33. The molecule has 1 heterocycles. The average Bonchev–Trinajstić information content (AvgIpc) is 2.47. The van der Waals surface area contributed by atoms with Gasteiger partial charge in [-0.3, -0.25) is 0 Å². The Balaban J connectivity index is 2.20. The monoisotopic (exact) mass is 286 g/mol. The highest BCUT2D eigenvalue weighted by Crippen LogP contribution is 2.11. The van der Waals surface area contributed by atoms with Crippen molar-refractivity contribution in [2.45, 2.75) is 0 Å². The van der Waals surface area contributed by atoms with Gasteiger partial charge in [0.1, 0.15) is 11.8 Å². The Kier molecular flexibility index (Phi) is 3.94. The Morgan fingerprint density at radius 2 is 1.95 bits per heavy atom. The maximum Gasteiger partial charge on any atom is 0.345 e. The van der Waals surface area contributed by atoms with E-state index in [1.165, 1.54) is 0 Å². The second kappa shape index (κ2) is 5.83. The van der Waals surface area contributed by atoms with E-state index in [4.69, 9.17) is 9.84 Å². The van der Waals surface area contributed by atoms with Gasteiger partial charge in [0.25, 0.3) is 5.88 Å². The summed E-state index contributed by atoms with van der Waals surface area (Å²) in [6.45, 7) is 3.26. The number of ether oxygens (including phenoxy) is 1. The number of benzene rings is 1. The molecule has 0 amide bonds. The Hall–Kier alpha value is -3.22. The van der Waals surface area contributed by atoms with Crippen LogP contribution in [-0.4, -0.2) is 22.0 Å². The van der Waals surface area contributed by atoms with Crippen molar-refractivity contribution < 1.29 is 24.2 Å². The molecular formula is C14H10N2O5. The fourth-order valence-corrected chi connectivity index (χ4v) is 1.49. The van der Waals surface area contributed by atoms with Gasteiger partial charge in [-0.25, -0.2) is 14.6 Å². The van der Waals surface area contributed by atoms with E-state index in [9.17, 15) is 14.8 Å². The number of carboxylic acid groups (broad SMARTS) is 1. The first-order valence-corrected chi connectivity index (χ1v) is 5.78. The second-order valence-corrected chi connectivity index (χ2v) is 3.98. The third-order valence-electron chi connectivity index (χ3n) is 2.55. The highest BCUT2D eigenvalue weighted by molar-refractivity contribution is 6.13. The van der Waals surface area contributed by atoms with E-state index < -0.39 is 17.5 Å². The molecule has 0 atom stereocenters. The number of carboxylic acids is 1. The molecule has 1 N–H and O–H groups in total. The van der Waals surface area contributed by atoms with E-state index in [0.717, 1.165) is 12.4 Å². The highest BCUT2D eigenvalue weighted by Gasteiger charge is 2.19. The van der Waals surface area contributed by atoms with Gasteiger partial charge >= 0.3 is 11.9 Å². The zero-order valence-electron chi connectivity index (χ0n) is 10.7.